The van der Waals surface area contributed by atoms with E-state index < -0.39 is 11.6 Å². The summed E-state index contributed by atoms with van der Waals surface area (Å²) in [5, 5.41) is 26.0. The third-order valence-corrected chi connectivity index (χ3v) is 4.33. The molecule has 0 fully saturated rings. The van der Waals surface area contributed by atoms with Gasteiger partial charge in [0.25, 0.3) is 0 Å². The van der Waals surface area contributed by atoms with Gasteiger partial charge in [-0.05, 0) is 17.9 Å². The normalized spacial score (nSPS) is 12.8. The number of aliphatic hydroxyl groups is 2. The summed E-state index contributed by atoms with van der Waals surface area (Å²) in [6.45, 7) is 2.50. The summed E-state index contributed by atoms with van der Waals surface area (Å²) in [5.74, 6) is -0.542. The van der Waals surface area contributed by atoms with E-state index in [0.717, 1.165) is 4.88 Å². The lowest BCUT2D eigenvalue weighted by molar-refractivity contribution is -0.125. The first-order valence-corrected chi connectivity index (χ1v) is 7.67. The standard InChI is InChI=1S/C14H22N2O4S/c1-3-14(8-17,9-18)16-13(20)7-11(15-10(2)19)12-5-4-6-21-12/h4-6,11,17-18H,3,7-9H2,1-2H3,(H,15,19)(H,16,20). The van der Waals surface area contributed by atoms with Gasteiger partial charge in [0.2, 0.25) is 11.8 Å². The van der Waals surface area contributed by atoms with Crippen molar-refractivity contribution in [3.8, 4) is 0 Å². The number of nitrogens with one attached hydrogen (secondary N) is 2. The lowest BCUT2D eigenvalue weighted by atomic mass is 9.97. The van der Waals surface area contributed by atoms with Crippen molar-refractivity contribution in [1.82, 2.24) is 10.6 Å². The van der Waals surface area contributed by atoms with Gasteiger partial charge in [0.1, 0.15) is 0 Å². The fraction of sp³-hybridized carbons (Fsp3) is 0.571. The fourth-order valence-electron chi connectivity index (χ4n) is 1.93. The van der Waals surface area contributed by atoms with Crippen LogP contribution < -0.4 is 10.6 Å². The molecule has 6 nitrogen and oxygen atoms in total. The second-order valence-electron chi connectivity index (χ2n) is 4.97. The topological polar surface area (TPSA) is 98.7 Å². The number of carbonyl (C=O) groups excluding carboxylic acids is 2. The van der Waals surface area contributed by atoms with Crippen molar-refractivity contribution in [2.75, 3.05) is 13.2 Å². The van der Waals surface area contributed by atoms with Crippen molar-refractivity contribution in [2.45, 2.75) is 38.3 Å². The Kier molecular flexibility index (Phi) is 6.80. The smallest absolute Gasteiger partial charge is 0.223 e. The van der Waals surface area contributed by atoms with E-state index >= 15 is 0 Å². The molecule has 1 atom stereocenters. The molecule has 1 aromatic heterocycles. The molecule has 2 amide bonds. The van der Waals surface area contributed by atoms with Gasteiger partial charge in [0.15, 0.2) is 0 Å². The van der Waals surface area contributed by atoms with Crippen LogP contribution in [0, 0.1) is 0 Å². The molecular weight excluding hydrogens is 292 g/mol. The molecule has 0 aliphatic rings. The molecule has 0 bridgehead atoms. The van der Waals surface area contributed by atoms with Gasteiger partial charge in [0, 0.05) is 11.8 Å². The van der Waals surface area contributed by atoms with Crippen LogP contribution >= 0.6 is 11.3 Å². The SMILES string of the molecule is CCC(CO)(CO)NC(=O)CC(NC(C)=O)c1cccs1. The lowest BCUT2D eigenvalue weighted by Crippen LogP contribution is -2.54. The molecule has 1 aromatic rings. The van der Waals surface area contributed by atoms with Crippen LogP contribution in [-0.4, -0.2) is 40.8 Å². The number of carbonyl (C=O) groups is 2. The summed E-state index contributed by atoms with van der Waals surface area (Å²) in [5.41, 5.74) is -1.02. The van der Waals surface area contributed by atoms with Crippen molar-refractivity contribution in [3.63, 3.8) is 0 Å². The minimum atomic E-state index is -1.02. The molecule has 1 rings (SSSR count). The van der Waals surface area contributed by atoms with Gasteiger partial charge < -0.3 is 20.8 Å². The van der Waals surface area contributed by atoms with Crippen molar-refractivity contribution in [1.29, 1.82) is 0 Å². The minimum Gasteiger partial charge on any atom is -0.394 e. The molecule has 0 saturated carbocycles. The van der Waals surface area contributed by atoms with E-state index in [2.05, 4.69) is 10.6 Å². The molecular formula is C14H22N2O4S. The zero-order chi connectivity index (χ0) is 15.9. The number of hydrogen-bond donors (Lipinski definition) is 4. The van der Waals surface area contributed by atoms with E-state index in [1.165, 1.54) is 18.3 Å². The van der Waals surface area contributed by atoms with Crippen molar-refractivity contribution in [2.24, 2.45) is 0 Å². The van der Waals surface area contributed by atoms with Crippen molar-refractivity contribution in [3.05, 3.63) is 22.4 Å². The summed E-state index contributed by atoms with van der Waals surface area (Å²) in [6.07, 6.45) is 0.470. The average Bonchev–Trinajstić information content (AvgIpc) is 2.98. The molecule has 0 aliphatic heterocycles. The van der Waals surface area contributed by atoms with Gasteiger partial charge in [-0.2, -0.15) is 0 Å². The molecule has 0 aliphatic carbocycles. The number of amides is 2. The van der Waals surface area contributed by atoms with Crippen LogP contribution in [0.25, 0.3) is 0 Å². The molecule has 0 radical (unpaired) electrons. The van der Waals surface area contributed by atoms with Gasteiger partial charge in [-0.25, -0.2) is 0 Å². The third kappa shape index (κ3) is 5.11. The summed E-state index contributed by atoms with van der Waals surface area (Å²) in [4.78, 5) is 24.3. The second-order valence-corrected chi connectivity index (χ2v) is 5.95. The Bertz CT molecular complexity index is 449. The van der Waals surface area contributed by atoms with Crippen molar-refractivity contribution < 1.29 is 19.8 Å². The molecule has 0 saturated heterocycles. The first-order valence-electron chi connectivity index (χ1n) is 6.79. The maximum Gasteiger partial charge on any atom is 0.223 e. The van der Waals surface area contributed by atoms with Crippen LogP contribution in [0.2, 0.25) is 0 Å². The highest BCUT2D eigenvalue weighted by Crippen LogP contribution is 2.22. The summed E-state index contributed by atoms with van der Waals surface area (Å²) >= 11 is 1.46. The highest BCUT2D eigenvalue weighted by Gasteiger charge is 2.29. The van der Waals surface area contributed by atoms with Gasteiger partial charge in [-0.3, -0.25) is 9.59 Å². The zero-order valence-corrected chi connectivity index (χ0v) is 13.1. The van der Waals surface area contributed by atoms with Gasteiger partial charge in [-0.15, -0.1) is 11.3 Å². The van der Waals surface area contributed by atoms with Gasteiger partial charge >= 0.3 is 0 Å². The summed E-state index contributed by atoms with van der Waals surface area (Å²) in [7, 11) is 0. The monoisotopic (exact) mass is 314 g/mol. The van der Waals surface area contributed by atoms with Crippen LogP contribution in [0.3, 0.4) is 0 Å². The average molecular weight is 314 g/mol. The minimum absolute atomic E-state index is 0.0574. The van der Waals surface area contributed by atoms with E-state index in [-0.39, 0.29) is 31.4 Å². The van der Waals surface area contributed by atoms with Crippen LogP contribution in [0.4, 0.5) is 0 Å². The maximum absolute atomic E-state index is 12.1. The molecule has 21 heavy (non-hydrogen) atoms. The molecule has 4 N–H and O–H groups in total. The third-order valence-electron chi connectivity index (χ3n) is 3.34. The Morgan fingerprint density at radius 2 is 2.05 bits per heavy atom. The molecule has 1 heterocycles. The molecule has 7 heteroatoms. The number of hydrogen-bond acceptors (Lipinski definition) is 5. The highest BCUT2D eigenvalue weighted by molar-refractivity contribution is 7.10. The fourth-order valence-corrected chi connectivity index (χ4v) is 2.71. The molecule has 118 valence electrons. The van der Waals surface area contributed by atoms with E-state index in [1.54, 1.807) is 6.92 Å². The van der Waals surface area contributed by atoms with E-state index in [0.29, 0.717) is 6.42 Å². The largest absolute Gasteiger partial charge is 0.394 e. The Hall–Kier alpha value is -1.44. The Balaban J connectivity index is 2.75. The molecule has 0 spiro atoms. The van der Waals surface area contributed by atoms with E-state index in [1.807, 2.05) is 17.5 Å². The summed E-state index contributed by atoms with van der Waals surface area (Å²) in [6, 6.07) is 3.29. The number of thiophene rings is 1. The predicted molar refractivity (Wildman–Crippen MR) is 80.8 cm³/mol. The van der Waals surface area contributed by atoms with Crippen molar-refractivity contribution >= 4 is 23.2 Å². The molecule has 0 aromatic carbocycles. The Morgan fingerprint density at radius 3 is 2.48 bits per heavy atom. The number of rotatable bonds is 8. The highest BCUT2D eigenvalue weighted by atomic mass is 32.1. The first-order chi connectivity index (χ1) is 9.96. The van der Waals surface area contributed by atoms with E-state index in [9.17, 15) is 19.8 Å². The van der Waals surface area contributed by atoms with Gasteiger partial charge in [0.05, 0.1) is 31.2 Å². The summed E-state index contributed by atoms with van der Waals surface area (Å²) < 4.78 is 0. The van der Waals surface area contributed by atoms with Crippen LogP contribution in [-0.2, 0) is 9.59 Å². The van der Waals surface area contributed by atoms with Crippen LogP contribution in [0.15, 0.2) is 17.5 Å². The lowest BCUT2D eigenvalue weighted by Gasteiger charge is -2.30. The zero-order valence-electron chi connectivity index (χ0n) is 12.3. The maximum atomic E-state index is 12.1. The Labute approximate surface area is 128 Å². The van der Waals surface area contributed by atoms with Crippen LogP contribution in [0.1, 0.15) is 37.6 Å². The molecule has 1 unspecified atom stereocenters. The first kappa shape index (κ1) is 17.6. The second kappa shape index (κ2) is 8.11. The van der Waals surface area contributed by atoms with E-state index in [4.69, 9.17) is 0 Å². The number of aliphatic hydroxyl groups excluding tert-OH is 2. The quantitative estimate of drug-likeness (QED) is 0.563. The van der Waals surface area contributed by atoms with Crippen LogP contribution in [0.5, 0.6) is 0 Å². The van der Waals surface area contributed by atoms with Gasteiger partial charge in [-0.1, -0.05) is 13.0 Å². The Morgan fingerprint density at radius 1 is 1.38 bits per heavy atom. The predicted octanol–water partition coefficient (Wildman–Crippen LogP) is 0.565.